The van der Waals surface area contributed by atoms with Crippen molar-refractivity contribution >= 4 is 39.0 Å². The fourth-order valence-electron chi connectivity index (χ4n) is 1.18. The van der Waals surface area contributed by atoms with Gasteiger partial charge in [-0.3, -0.25) is 0 Å². The van der Waals surface area contributed by atoms with Crippen molar-refractivity contribution in [3.63, 3.8) is 0 Å². The highest BCUT2D eigenvalue weighted by atomic mass is 79.9. The Bertz CT molecular complexity index is 286. The van der Waals surface area contributed by atoms with E-state index in [1.54, 1.807) is 11.3 Å². The maximum absolute atomic E-state index is 9.82. The highest BCUT2D eigenvalue weighted by Gasteiger charge is 2.09. The zero-order chi connectivity index (χ0) is 11.3. The van der Waals surface area contributed by atoms with Gasteiger partial charge in [0.05, 0.1) is 6.10 Å². The van der Waals surface area contributed by atoms with Crippen LogP contribution in [0.1, 0.15) is 18.7 Å². The largest absolute Gasteiger partial charge is 0.392 e. The average Bonchev–Trinajstić information content (AvgIpc) is 2.51. The molecule has 0 aliphatic rings. The van der Waals surface area contributed by atoms with E-state index in [-0.39, 0.29) is 6.10 Å². The summed E-state index contributed by atoms with van der Waals surface area (Å²) in [4.78, 5) is 1.24. The second-order valence-corrected chi connectivity index (χ2v) is 6.91. The molecule has 0 radical (unpaired) electrons. The van der Waals surface area contributed by atoms with Gasteiger partial charge in [-0.25, -0.2) is 0 Å². The minimum atomic E-state index is -0.219. The molecule has 0 amide bonds. The quantitative estimate of drug-likeness (QED) is 0.862. The molecular formula is C11H17BrOS2. The van der Waals surface area contributed by atoms with Crippen molar-refractivity contribution in [1.29, 1.82) is 0 Å². The first kappa shape index (κ1) is 13.6. The summed E-state index contributed by atoms with van der Waals surface area (Å²) in [5.74, 6) is 2.67. The zero-order valence-electron chi connectivity index (χ0n) is 9.07. The van der Waals surface area contributed by atoms with E-state index >= 15 is 0 Å². The van der Waals surface area contributed by atoms with Crippen molar-refractivity contribution in [1.82, 2.24) is 0 Å². The van der Waals surface area contributed by atoms with Gasteiger partial charge < -0.3 is 5.11 Å². The summed E-state index contributed by atoms with van der Waals surface area (Å²) in [7, 11) is 0. The molecule has 1 nitrogen and oxygen atoms in total. The van der Waals surface area contributed by atoms with E-state index in [2.05, 4.69) is 29.8 Å². The molecule has 1 aromatic rings. The third-order valence-corrected chi connectivity index (χ3v) is 5.34. The molecule has 0 spiro atoms. The van der Waals surface area contributed by atoms with Gasteiger partial charge in [-0.15, -0.1) is 11.3 Å². The highest BCUT2D eigenvalue weighted by Crippen LogP contribution is 2.24. The first-order valence-corrected chi connectivity index (χ1v) is 7.90. The van der Waals surface area contributed by atoms with Crippen molar-refractivity contribution in [2.45, 2.75) is 26.4 Å². The number of thiophene rings is 1. The molecule has 0 bridgehead atoms. The predicted molar refractivity (Wildman–Crippen MR) is 73.9 cm³/mol. The Kier molecular flexibility index (Phi) is 6.27. The molecule has 1 heterocycles. The summed E-state index contributed by atoms with van der Waals surface area (Å²) >= 11 is 7.02. The SMILES string of the molecule is CC(C)CSCC(O)Cc1sccc1Br. The minimum absolute atomic E-state index is 0.219. The van der Waals surface area contributed by atoms with Gasteiger partial charge in [0.15, 0.2) is 0 Å². The summed E-state index contributed by atoms with van der Waals surface area (Å²) in [5.41, 5.74) is 0. The lowest BCUT2D eigenvalue weighted by molar-refractivity contribution is 0.201. The maximum Gasteiger partial charge on any atom is 0.0679 e. The molecule has 1 rings (SSSR count). The molecule has 1 atom stereocenters. The summed E-state index contributed by atoms with van der Waals surface area (Å²) in [6, 6.07) is 2.04. The Morgan fingerprint density at radius 2 is 2.20 bits per heavy atom. The van der Waals surface area contributed by atoms with Gasteiger partial charge in [0.2, 0.25) is 0 Å². The van der Waals surface area contributed by atoms with E-state index in [4.69, 9.17) is 0 Å². The second kappa shape index (κ2) is 6.94. The lowest BCUT2D eigenvalue weighted by Gasteiger charge is -2.10. The smallest absolute Gasteiger partial charge is 0.0679 e. The predicted octanol–water partition coefficient (Wildman–Crippen LogP) is 3.80. The van der Waals surface area contributed by atoms with Gasteiger partial charge in [0.25, 0.3) is 0 Å². The Morgan fingerprint density at radius 3 is 2.73 bits per heavy atom. The van der Waals surface area contributed by atoms with Crippen LogP contribution >= 0.6 is 39.0 Å². The number of hydrogen-bond acceptors (Lipinski definition) is 3. The van der Waals surface area contributed by atoms with Crippen LogP contribution in [0.3, 0.4) is 0 Å². The summed E-state index contributed by atoms with van der Waals surface area (Å²) in [5, 5.41) is 11.9. The van der Waals surface area contributed by atoms with Crippen LogP contribution in [0.5, 0.6) is 0 Å². The molecule has 1 N–H and O–H groups in total. The van der Waals surface area contributed by atoms with Crippen LogP contribution in [-0.2, 0) is 6.42 Å². The van der Waals surface area contributed by atoms with Crippen LogP contribution in [0.15, 0.2) is 15.9 Å². The first-order chi connectivity index (χ1) is 7.09. The van der Waals surface area contributed by atoms with Crippen molar-refractivity contribution in [3.8, 4) is 0 Å². The number of halogens is 1. The van der Waals surface area contributed by atoms with Gasteiger partial charge >= 0.3 is 0 Å². The topological polar surface area (TPSA) is 20.2 Å². The van der Waals surface area contributed by atoms with E-state index in [1.807, 2.05) is 23.2 Å². The molecule has 0 aliphatic heterocycles. The molecule has 0 aliphatic carbocycles. The van der Waals surface area contributed by atoms with Crippen molar-refractivity contribution < 1.29 is 5.11 Å². The molecule has 0 saturated carbocycles. The normalized spacial score (nSPS) is 13.4. The molecule has 1 unspecified atom stereocenters. The number of aliphatic hydroxyl groups is 1. The van der Waals surface area contributed by atoms with Crippen LogP contribution in [0.4, 0.5) is 0 Å². The Morgan fingerprint density at radius 1 is 1.47 bits per heavy atom. The second-order valence-electron chi connectivity index (χ2n) is 3.98. The Labute approximate surface area is 108 Å². The minimum Gasteiger partial charge on any atom is -0.392 e. The van der Waals surface area contributed by atoms with E-state index in [0.717, 1.165) is 22.4 Å². The maximum atomic E-state index is 9.82. The van der Waals surface area contributed by atoms with Gasteiger partial charge in [-0.1, -0.05) is 13.8 Å². The van der Waals surface area contributed by atoms with Crippen molar-refractivity contribution in [2.75, 3.05) is 11.5 Å². The molecular weight excluding hydrogens is 292 g/mol. The van der Waals surface area contributed by atoms with E-state index in [9.17, 15) is 5.11 Å². The molecule has 1 aromatic heterocycles. The van der Waals surface area contributed by atoms with Gasteiger partial charge in [-0.05, 0) is 39.0 Å². The lowest BCUT2D eigenvalue weighted by atomic mass is 10.2. The van der Waals surface area contributed by atoms with Gasteiger partial charge in [0, 0.05) is 21.5 Å². The third kappa shape index (κ3) is 5.38. The molecule has 0 fully saturated rings. The van der Waals surface area contributed by atoms with Crippen molar-refractivity contribution in [2.24, 2.45) is 5.92 Å². The molecule has 4 heteroatoms. The fraction of sp³-hybridized carbons (Fsp3) is 0.636. The first-order valence-electron chi connectivity index (χ1n) is 5.07. The molecule has 86 valence electrons. The van der Waals surface area contributed by atoms with Crippen LogP contribution in [0, 0.1) is 5.92 Å². The van der Waals surface area contributed by atoms with Crippen LogP contribution in [-0.4, -0.2) is 22.7 Å². The Balaban J connectivity index is 2.24. The summed E-state index contributed by atoms with van der Waals surface area (Å²) < 4.78 is 1.13. The van der Waals surface area contributed by atoms with Crippen LogP contribution < -0.4 is 0 Å². The lowest BCUT2D eigenvalue weighted by Crippen LogP contribution is -2.13. The highest BCUT2D eigenvalue weighted by molar-refractivity contribution is 9.10. The zero-order valence-corrected chi connectivity index (χ0v) is 12.3. The summed E-state index contributed by atoms with van der Waals surface area (Å²) in [6.45, 7) is 4.41. The number of hydrogen-bond donors (Lipinski definition) is 1. The van der Waals surface area contributed by atoms with E-state index in [1.165, 1.54) is 4.88 Å². The van der Waals surface area contributed by atoms with Crippen LogP contribution in [0.25, 0.3) is 0 Å². The van der Waals surface area contributed by atoms with E-state index < -0.39 is 0 Å². The van der Waals surface area contributed by atoms with Gasteiger partial charge in [-0.2, -0.15) is 11.8 Å². The third-order valence-electron chi connectivity index (χ3n) is 1.87. The van der Waals surface area contributed by atoms with Crippen molar-refractivity contribution in [3.05, 3.63) is 20.8 Å². The van der Waals surface area contributed by atoms with E-state index in [0.29, 0.717) is 5.92 Å². The number of rotatable bonds is 6. The average molecular weight is 309 g/mol. The standard InChI is InChI=1S/C11H17BrOS2/c1-8(2)6-14-7-9(13)5-11-10(12)3-4-15-11/h3-4,8-9,13H,5-7H2,1-2H3. The number of aliphatic hydroxyl groups excluding tert-OH is 1. The van der Waals surface area contributed by atoms with Gasteiger partial charge in [0.1, 0.15) is 0 Å². The molecule has 15 heavy (non-hydrogen) atoms. The molecule has 0 aromatic carbocycles. The molecule has 0 saturated heterocycles. The number of thioether (sulfide) groups is 1. The van der Waals surface area contributed by atoms with Crippen LogP contribution in [0.2, 0.25) is 0 Å². The summed E-state index contributed by atoms with van der Waals surface area (Å²) in [6.07, 6.45) is 0.548. The Hall–Kier alpha value is 0.490. The monoisotopic (exact) mass is 308 g/mol. The fourth-order valence-corrected chi connectivity index (χ4v) is 3.77.